The summed E-state index contributed by atoms with van der Waals surface area (Å²) >= 11 is 0. The van der Waals surface area contributed by atoms with E-state index in [1.807, 2.05) is 0 Å². The number of hydrogen-bond donors (Lipinski definition) is 2. The van der Waals surface area contributed by atoms with E-state index in [2.05, 4.69) is 0 Å². The molecular weight excluding hydrogens is 186 g/mol. The third-order valence-electron chi connectivity index (χ3n) is 4.02. The van der Waals surface area contributed by atoms with E-state index >= 15 is 0 Å². The molecule has 2 bridgehead atoms. The zero-order valence-corrected chi connectivity index (χ0v) is 8.91. The second-order valence-electron chi connectivity index (χ2n) is 4.87. The number of rotatable bonds is 1. The van der Waals surface area contributed by atoms with Crippen LogP contribution in [-0.4, -0.2) is 17.3 Å². The lowest BCUT2D eigenvalue weighted by Gasteiger charge is -2.39. The molecule has 3 N–H and O–H groups in total. The Morgan fingerprint density at radius 1 is 1.00 bits per heavy atom. The minimum absolute atomic E-state index is 0. The van der Waals surface area contributed by atoms with Crippen molar-refractivity contribution in [2.24, 2.45) is 11.1 Å². The Morgan fingerprint density at radius 3 is 2.15 bits per heavy atom. The van der Waals surface area contributed by atoms with Crippen molar-refractivity contribution in [2.45, 2.75) is 50.5 Å². The fraction of sp³-hybridized carbons (Fsp3) is 1.00. The summed E-state index contributed by atoms with van der Waals surface area (Å²) in [5.74, 6) is 0. The molecule has 0 spiro atoms. The molecule has 2 nitrogen and oxygen atoms in total. The molecule has 0 aromatic rings. The smallest absolute Gasteiger partial charge is 0.0487 e. The van der Waals surface area contributed by atoms with Crippen molar-refractivity contribution in [3.8, 4) is 0 Å². The third-order valence-corrected chi connectivity index (χ3v) is 4.02. The lowest BCUT2D eigenvalue weighted by atomic mass is 9.70. The van der Waals surface area contributed by atoms with Crippen molar-refractivity contribution in [1.82, 2.24) is 0 Å². The molecule has 0 atom stereocenters. The SMILES string of the molecule is Cl.NC12CCCC(CO)(CC1)CC2. The molecule has 0 radical (unpaired) electrons. The van der Waals surface area contributed by atoms with Crippen molar-refractivity contribution in [2.75, 3.05) is 6.61 Å². The number of nitrogens with two attached hydrogens (primary N) is 1. The second-order valence-corrected chi connectivity index (χ2v) is 4.87. The first-order valence-corrected chi connectivity index (χ1v) is 5.08. The molecular formula is C10H20ClNO. The van der Waals surface area contributed by atoms with Crippen LogP contribution < -0.4 is 5.73 Å². The van der Waals surface area contributed by atoms with E-state index in [1.54, 1.807) is 0 Å². The summed E-state index contributed by atoms with van der Waals surface area (Å²) < 4.78 is 0. The standard InChI is InChI=1S/C10H19NO.ClH/c11-10-3-1-2-9(8-12,4-6-10)5-7-10;/h12H,1-8,11H2;1H. The Bertz CT molecular complexity index is 176. The average molecular weight is 206 g/mol. The predicted molar refractivity (Wildman–Crippen MR) is 56.0 cm³/mol. The highest BCUT2D eigenvalue weighted by molar-refractivity contribution is 5.85. The van der Waals surface area contributed by atoms with Crippen LogP contribution in [0.5, 0.6) is 0 Å². The lowest BCUT2D eigenvalue weighted by molar-refractivity contribution is 0.0688. The molecule has 78 valence electrons. The zero-order valence-electron chi connectivity index (χ0n) is 8.09. The number of fused-ring (bicyclic) bond motifs is 4. The highest BCUT2D eigenvalue weighted by atomic mass is 35.5. The Morgan fingerprint density at radius 2 is 1.62 bits per heavy atom. The summed E-state index contributed by atoms with van der Waals surface area (Å²) in [4.78, 5) is 0. The third kappa shape index (κ3) is 2.00. The quantitative estimate of drug-likeness (QED) is 0.687. The van der Waals surface area contributed by atoms with Crippen molar-refractivity contribution in [3.05, 3.63) is 0 Å². The summed E-state index contributed by atoms with van der Waals surface area (Å²) in [6.07, 6.45) is 8.16. The fourth-order valence-electron chi connectivity index (χ4n) is 2.83. The van der Waals surface area contributed by atoms with E-state index in [4.69, 9.17) is 5.73 Å². The number of aliphatic hydroxyl groups is 1. The predicted octanol–water partition coefficient (Wildman–Crippen LogP) is 1.84. The van der Waals surface area contributed by atoms with Gasteiger partial charge in [0.25, 0.3) is 0 Å². The average Bonchev–Trinajstić information content (AvgIpc) is 2.34. The van der Waals surface area contributed by atoms with E-state index in [1.165, 1.54) is 19.3 Å². The van der Waals surface area contributed by atoms with Gasteiger partial charge in [-0.1, -0.05) is 6.42 Å². The molecule has 0 amide bonds. The molecule has 3 aliphatic rings. The monoisotopic (exact) mass is 205 g/mol. The van der Waals surface area contributed by atoms with Crippen molar-refractivity contribution >= 4 is 12.4 Å². The second kappa shape index (κ2) is 3.76. The zero-order chi connectivity index (χ0) is 8.66. The van der Waals surface area contributed by atoms with Crippen LogP contribution in [-0.2, 0) is 0 Å². The first kappa shape index (κ1) is 11.3. The Hall–Kier alpha value is 0.210. The minimum Gasteiger partial charge on any atom is -0.396 e. The van der Waals surface area contributed by atoms with Gasteiger partial charge in [0.15, 0.2) is 0 Å². The van der Waals surface area contributed by atoms with E-state index in [0.29, 0.717) is 6.61 Å². The van der Waals surface area contributed by atoms with Crippen LogP contribution in [0.15, 0.2) is 0 Å². The van der Waals surface area contributed by atoms with E-state index < -0.39 is 0 Å². The van der Waals surface area contributed by atoms with Gasteiger partial charge in [0, 0.05) is 12.1 Å². The molecule has 3 saturated carbocycles. The highest BCUT2D eigenvalue weighted by Gasteiger charge is 2.42. The van der Waals surface area contributed by atoms with Gasteiger partial charge < -0.3 is 10.8 Å². The molecule has 0 unspecified atom stereocenters. The van der Waals surface area contributed by atoms with E-state index in [-0.39, 0.29) is 23.4 Å². The van der Waals surface area contributed by atoms with Gasteiger partial charge in [-0.25, -0.2) is 0 Å². The van der Waals surface area contributed by atoms with Crippen LogP contribution in [0.3, 0.4) is 0 Å². The largest absolute Gasteiger partial charge is 0.396 e. The Balaban J connectivity index is 0.000000845. The van der Waals surface area contributed by atoms with Gasteiger partial charge in [-0.3, -0.25) is 0 Å². The highest BCUT2D eigenvalue weighted by Crippen LogP contribution is 2.48. The van der Waals surface area contributed by atoms with Gasteiger partial charge in [-0.2, -0.15) is 0 Å². The molecule has 0 aliphatic heterocycles. The molecule has 3 heteroatoms. The first-order valence-electron chi connectivity index (χ1n) is 5.08. The first-order chi connectivity index (χ1) is 5.68. The van der Waals surface area contributed by atoms with Gasteiger partial charge in [0.1, 0.15) is 0 Å². The summed E-state index contributed by atoms with van der Waals surface area (Å²) in [7, 11) is 0. The maximum absolute atomic E-state index is 9.33. The Kier molecular flexibility index (Phi) is 3.26. The fourth-order valence-corrected chi connectivity index (χ4v) is 2.83. The van der Waals surface area contributed by atoms with Crippen molar-refractivity contribution < 1.29 is 5.11 Å². The lowest BCUT2D eigenvalue weighted by Crippen LogP contribution is -2.44. The molecule has 0 aromatic heterocycles. The van der Waals surface area contributed by atoms with Crippen LogP contribution in [0.2, 0.25) is 0 Å². The molecule has 0 heterocycles. The van der Waals surface area contributed by atoms with Gasteiger partial charge in [-0.15, -0.1) is 12.4 Å². The maximum atomic E-state index is 9.33. The molecule has 3 aliphatic carbocycles. The number of hydrogen-bond acceptors (Lipinski definition) is 2. The summed E-state index contributed by atoms with van der Waals surface area (Å²) in [5, 5.41) is 9.33. The summed E-state index contributed by atoms with van der Waals surface area (Å²) in [6.45, 7) is 0.378. The topological polar surface area (TPSA) is 46.2 Å². The summed E-state index contributed by atoms with van der Waals surface area (Å²) in [5.41, 5.74) is 6.63. The molecule has 0 saturated heterocycles. The van der Waals surface area contributed by atoms with Crippen molar-refractivity contribution in [3.63, 3.8) is 0 Å². The van der Waals surface area contributed by atoms with Crippen LogP contribution in [0.4, 0.5) is 0 Å². The molecule has 3 fully saturated rings. The maximum Gasteiger partial charge on any atom is 0.0487 e. The van der Waals surface area contributed by atoms with Crippen LogP contribution >= 0.6 is 12.4 Å². The van der Waals surface area contributed by atoms with Gasteiger partial charge in [-0.05, 0) is 43.9 Å². The summed E-state index contributed by atoms with van der Waals surface area (Å²) in [6, 6.07) is 0. The van der Waals surface area contributed by atoms with Gasteiger partial charge in [0.05, 0.1) is 0 Å². The molecule has 0 aromatic carbocycles. The number of aliphatic hydroxyl groups excluding tert-OH is 1. The molecule has 13 heavy (non-hydrogen) atoms. The van der Waals surface area contributed by atoms with Crippen LogP contribution in [0.1, 0.15) is 44.9 Å². The Labute approximate surface area is 86.3 Å². The van der Waals surface area contributed by atoms with E-state index in [0.717, 1.165) is 25.7 Å². The normalized spacial score (nSPS) is 43.8. The van der Waals surface area contributed by atoms with Crippen molar-refractivity contribution in [1.29, 1.82) is 0 Å². The van der Waals surface area contributed by atoms with Gasteiger partial charge >= 0.3 is 0 Å². The van der Waals surface area contributed by atoms with Crippen LogP contribution in [0, 0.1) is 5.41 Å². The van der Waals surface area contributed by atoms with Gasteiger partial charge in [0.2, 0.25) is 0 Å². The van der Waals surface area contributed by atoms with Crippen LogP contribution in [0.25, 0.3) is 0 Å². The van der Waals surface area contributed by atoms with E-state index in [9.17, 15) is 5.11 Å². The molecule has 3 rings (SSSR count). The minimum atomic E-state index is 0. The number of halogens is 1.